The molecule has 8 heteroatoms. The minimum Gasteiger partial charge on any atom is -0.379 e. The molecule has 1 aromatic rings. The van der Waals surface area contributed by atoms with Gasteiger partial charge in [-0.2, -0.15) is 11.8 Å². The third kappa shape index (κ3) is 4.50. The molecule has 2 fully saturated rings. The van der Waals surface area contributed by atoms with Gasteiger partial charge in [0.1, 0.15) is 0 Å². The third-order valence-corrected chi connectivity index (χ3v) is 8.81. The Morgan fingerprint density at radius 2 is 1.93 bits per heavy atom. The molecular weight excluding hydrogens is 384 g/mol. The number of carbonyl (C=O) groups excluding carboxylic acids is 1. The van der Waals surface area contributed by atoms with E-state index < -0.39 is 15.1 Å². The van der Waals surface area contributed by atoms with Crippen LogP contribution < -0.4 is 5.32 Å². The number of rotatable bonds is 6. The Bertz CT molecular complexity index is 750. The predicted octanol–water partition coefficient (Wildman–Crippen LogP) is 1.81. The highest BCUT2D eigenvalue weighted by molar-refractivity contribution is 7.99. The zero-order chi connectivity index (χ0) is 19.5. The van der Waals surface area contributed by atoms with Crippen LogP contribution >= 0.6 is 11.8 Å². The zero-order valence-electron chi connectivity index (χ0n) is 15.9. The Labute approximate surface area is 165 Å². The number of hydrogen-bond acceptors (Lipinski definition) is 6. The van der Waals surface area contributed by atoms with E-state index in [1.54, 1.807) is 26.0 Å². The summed E-state index contributed by atoms with van der Waals surface area (Å²) in [5.41, 5.74) is 0.478. The van der Waals surface area contributed by atoms with Gasteiger partial charge in [-0.1, -0.05) is 0 Å². The van der Waals surface area contributed by atoms with E-state index in [0.29, 0.717) is 12.1 Å². The Morgan fingerprint density at radius 1 is 1.26 bits per heavy atom. The first-order valence-corrected chi connectivity index (χ1v) is 12.1. The molecule has 1 atom stereocenters. The largest absolute Gasteiger partial charge is 0.379 e. The Balaban J connectivity index is 1.66. The van der Waals surface area contributed by atoms with Crippen molar-refractivity contribution in [2.75, 3.05) is 44.4 Å². The van der Waals surface area contributed by atoms with Crippen LogP contribution in [-0.4, -0.2) is 74.4 Å². The third-order valence-electron chi connectivity index (χ3n) is 5.41. The minimum atomic E-state index is -3.32. The normalized spacial score (nSPS) is 24.3. The lowest BCUT2D eigenvalue weighted by Gasteiger charge is -2.43. The molecule has 1 aromatic carbocycles. The van der Waals surface area contributed by atoms with Gasteiger partial charge in [-0.15, -0.1) is 0 Å². The van der Waals surface area contributed by atoms with Gasteiger partial charge in [-0.3, -0.25) is 9.69 Å². The maximum Gasteiger partial charge on any atom is 0.251 e. The van der Waals surface area contributed by atoms with Crippen molar-refractivity contribution >= 4 is 27.5 Å². The van der Waals surface area contributed by atoms with Gasteiger partial charge in [0, 0.05) is 36.5 Å². The molecule has 1 unspecified atom stereocenters. The molecule has 0 aromatic heterocycles. The maximum absolute atomic E-state index is 12.6. The van der Waals surface area contributed by atoms with Gasteiger partial charge < -0.3 is 10.1 Å². The van der Waals surface area contributed by atoms with Crippen LogP contribution in [0.25, 0.3) is 0 Å². The standard InChI is InChI=1S/C19H28N2O4S2/c1-15(2)27(23,24)17-5-3-16(4-6-17)18(22)20-13-19(7-12-26-14-19)21-8-10-25-11-9-21/h3-6,15H,7-14H2,1-2H3,(H,20,22). The summed E-state index contributed by atoms with van der Waals surface area (Å²) >= 11 is 1.93. The molecule has 2 saturated heterocycles. The molecule has 1 N–H and O–H groups in total. The average Bonchev–Trinajstić information content (AvgIpc) is 3.17. The highest BCUT2D eigenvalue weighted by atomic mass is 32.2. The fourth-order valence-corrected chi connectivity index (χ4v) is 6.09. The van der Waals surface area contributed by atoms with Crippen LogP contribution in [0.15, 0.2) is 29.2 Å². The van der Waals surface area contributed by atoms with Crippen LogP contribution in [0.3, 0.4) is 0 Å². The van der Waals surface area contributed by atoms with Crippen LogP contribution in [0.1, 0.15) is 30.6 Å². The number of nitrogens with zero attached hydrogens (tertiary/aromatic N) is 1. The summed E-state index contributed by atoms with van der Waals surface area (Å²) in [7, 11) is -3.32. The number of amides is 1. The van der Waals surface area contributed by atoms with Crippen molar-refractivity contribution in [1.29, 1.82) is 0 Å². The summed E-state index contributed by atoms with van der Waals surface area (Å²) in [5.74, 6) is 1.96. The first-order valence-electron chi connectivity index (χ1n) is 9.38. The van der Waals surface area contributed by atoms with Crippen LogP contribution in [-0.2, 0) is 14.6 Å². The summed E-state index contributed by atoms with van der Waals surface area (Å²) in [6.45, 7) is 7.20. The number of nitrogens with one attached hydrogen (secondary N) is 1. The molecule has 2 heterocycles. The van der Waals surface area contributed by atoms with E-state index in [4.69, 9.17) is 4.74 Å². The number of benzene rings is 1. The van der Waals surface area contributed by atoms with Gasteiger partial charge in [0.25, 0.3) is 5.91 Å². The second-order valence-electron chi connectivity index (χ2n) is 7.43. The molecule has 6 nitrogen and oxygen atoms in total. The Kier molecular flexibility index (Phi) is 6.50. The Hall–Kier alpha value is -1.09. The number of morpholine rings is 1. The van der Waals surface area contributed by atoms with E-state index in [1.165, 1.54) is 12.1 Å². The van der Waals surface area contributed by atoms with E-state index in [1.807, 2.05) is 11.8 Å². The predicted molar refractivity (Wildman–Crippen MR) is 108 cm³/mol. The van der Waals surface area contributed by atoms with Crippen LogP contribution in [0, 0.1) is 0 Å². The van der Waals surface area contributed by atoms with Crippen molar-refractivity contribution in [3.05, 3.63) is 29.8 Å². The monoisotopic (exact) mass is 412 g/mol. The van der Waals surface area contributed by atoms with Crippen molar-refractivity contribution in [2.24, 2.45) is 0 Å². The van der Waals surface area contributed by atoms with Gasteiger partial charge >= 0.3 is 0 Å². The zero-order valence-corrected chi connectivity index (χ0v) is 17.6. The molecule has 0 aliphatic carbocycles. The van der Waals surface area contributed by atoms with E-state index in [0.717, 1.165) is 44.2 Å². The first-order chi connectivity index (χ1) is 12.8. The van der Waals surface area contributed by atoms with Crippen molar-refractivity contribution in [3.63, 3.8) is 0 Å². The van der Waals surface area contributed by atoms with Crippen molar-refractivity contribution in [3.8, 4) is 0 Å². The van der Waals surface area contributed by atoms with Gasteiger partial charge in [0.2, 0.25) is 0 Å². The van der Waals surface area contributed by atoms with E-state index in [2.05, 4.69) is 10.2 Å². The molecule has 1 amide bonds. The second-order valence-corrected chi connectivity index (χ2v) is 11.0. The smallest absolute Gasteiger partial charge is 0.251 e. The fourth-order valence-electron chi connectivity index (χ4n) is 3.55. The number of thioether (sulfide) groups is 1. The number of ether oxygens (including phenoxy) is 1. The molecule has 0 bridgehead atoms. The summed E-state index contributed by atoms with van der Waals surface area (Å²) in [5, 5.41) is 2.59. The molecule has 0 spiro atoms. The molecule has 0 saturated carbocycles. The van der Waals surface area contributed by atoms with Gasteiger partial charge in [0.05, 0.1) is 23.4 Å². The van der Waals surface area contributed by atoms with Crippen LogP contribution in [0.5, 0.6) is 0 Å². The highest BCUT2D eigenvalue weighted by Crippen LogP contribution is 2.33. The molecular formula is C19H28N2O4S2. The number of carbonyl (C=O) groups is 1. The fraction of sp³-hybridized carbons (Fsp3) is 0.632. The molecule has 0 radical (unpaired) electrons. The van der Waals surface area contributed by atoms with E-state index in [-0.39, 0.29) is 16.3 Å². The maximum atomic E-state index is 12.6. The van der Waals surface area contributed by atoms with Gasteiger partial charge in [-0.25, -0.2) is 8.42 Å². The van der Waals surface area contributed by atoms with Gasteiger partial charge in [0.15, 0.2) is 9.84 Å². The average molecular weight is 413 g/mol. The SMILES string of the molecule is CC(C)S(=O)(=O)c1ccc(C(=O)NCC2(N3CCOCC3)CCSC2)cc1. The van der Waals surface area contributed by atoms with Crippen molar-refractivity contribution in [1.82, 2.24) is 10.2 Å². The summed E-state index contributed by atoms with van der Waals surface area (Å²) in [6, 6.07) is 6.23. The van der Waals surface area contributed by atoms with Crippen molar-refractivity contribution < 1.29 is 17.9 Å². The quantitative estimate of drug-likeness (QED) is 0.768. The lowest BCUT2D eigenvalue weighted by molar-refractivity contribution is -0.0129. The summed E-state index contributed by atoms with van der Waals surface area (Å²) in [4.78, 5) is 15.3. The first kappa shape index (κ1) is 20.6. The van der Waals surface area contributed by atoms with E-state index in [9.17, 15) is 13.2 Å². The van der Waals surface area contributed by atoms with E-state index >= 15 is 0 Å². The number of hydrogen-bond donors (Lipinski definition) is 1. The summed E-state index contributed by atoms with van der Waals surface area (Å²) in [6.07, 6.45) is 1.06. The second kappa shape index (κ2) is 8.51. The lowest BCUT2D eigenvalue weighted by atomic mass is 9.95. The molecule has 2 aliphatic rings. The van der Waals surface area contributed by atoms with Crippen LogP contribution in [0.4, 0.5) is 0 Å². The topological polar surface area (TPSA) is 75.7 Å². The molecule has 2 aliphatic heterocycles. The molecule has 3 rings (SSSR count). The lowest BCUT2D eigenvalue weighted by Crippen LogP contribution is -2.59. The highest BCUT2D eigenvalue weighted by Gasteiger charge is 2.40. The van der Waals surface area contributed by atoms with Gasteiger partial charge in [-0.05, 0) is 50.3 Å². The Morgan fingerprint density at radius 3 is 2.48 bits per heavy atom. The van der Waals surface area contributed by atoms with Crippen molar-refractivity contribution in [2.45, 2.75) is 36.0 Å². The number of sulfone groups is 1. The molecule has 150 valence electrons. The minimum absolute atomic E-state index is 0.00890. The summed E-state index contributed by atoms with van der Waals surface area (Å²) < 4.78 is 29.9. The molecule has 27 heavy (non-hydrogen) atoms. The van der Waals surface area contributed by atoms with Crippen LogP contribution in [0.2, 0.25) is 0 Å².